The van der Waals surface area contributed by atoms with Crippen molar-refractivity contribution < 1.29 is 4.79 Å². The topological polar surface area (TPSA) is 75.4 Å². The van der Waals surface area contributed by atoms with Crippen molar-refractivity contribution in [2.75, 3.05) is 31.1 Å². The van der Waals surface area contributed by atoms with Gasteiger partial charge in [-0.3, -0.25) is 4.79 Å². The molecule has 4 aromatic rings. The number of amides is 1. The molecule has 1 amide bonds. The molecule has 0 radical (unpaired) electrons. The van der Waals surface area contributed by atoms with E-state index in [1.54, 1.807) is 6.33 Å². The van der Waals surface area contributed by atoms with E-state index in [2.05, 4.69) is 61.7 Å². The average Bonchev–Trinajstić information content (AvgIpc) is 2.89. The molecule has 178 valence electrons. The van der Waals surface area contributed by atoms with Gasteiger partial charge in [-0.1, -0.05) is 82.7 Å². The van der Waals surface area contributed by atoms with Crippen LogP contribution in [0, 0.1) is 0 Å². The van der Waals surface area contributed by atoms with Gasteiger partial charge < -0.3 is 15.5 Å². The number of nitrogens with zero attached hydrogens (tertiary/aromatic N) is 4. The predicted octanol–water partition coefficient (Wildman–Crippen LogP) is 4.93. The molecule has 35 heavy (non-hydrogen) atoms. The molecular weight excluding hydrogens is 573 g/mol. The summed E-state index contributed by atoms with van der Waals surface area (Å²) in [6.07, 6.45) is 2.06. The minimum Gasteiger partial charge on any atom is -0.352 e. The van der Waals surface area contributed by atoms with E-state index in [1.165, 1.54) is 0 Å². The zero-order valence-electron chi connectivity index (χ0n) is 19.1. The van der Waals surface area contributed by atoms with E-state index in [0.29, 0.717) is 37.6 Å². The van der Waals surface area contributed by atoms with Crippen LogP contribution in [-0.4, -0.2) is 50.5 Å². The van der Waals surface area contributed by atoms with Crippen LogP contribution in [0.25, 0.3) is 22.0 Å². The number of fused-ring (bicyclic) bond motifs is 1. The summed E-state index contributed by atoms with van der Waals surface area (Å²) in [7, 11) is 0. The van der Waals surface area contributed by atoms with E-state index in [-0.39, 0.29) is 5.91 Å². The first kappa shape index (κ1) is 24.0. The van der Waals surface area contributed by atoms with Crippen LogP contribution in [0.3, 0.4) is 0 Å². The lowest BCUT2D eigenvalue weighted by Crippen LogP contribution is -2.57. The maximum Gasteiger partial charge on any atom is 0.253 e. The summed E-state index contributed by atoms with van der Waals surface area (Å²) in [5.41, 5.74) is 10.7. The van der Waals surface area contributed by atoms with Crippen molar-refractivity contribution in [2.45, 2.75) is 9.97 Å². The molecule has 2 N–H and O–H groups in total. The van der Waals surface area contributed by atoms with Gasteiger partial charge in [0.15, 0.2) is 3.55 Å². The number of benzene rings is 3. The third kappa shape index (κ3) is 5.27. The highest BCUT2D eigenvalue weighted by molar-refractivity contribution is 14.1. The second-order valence-corrected chi connectivity index (χ2v) is 11.1. The third-order valence-electron chi connectivity index (χ3n) is 6.32. The molecule has 1 unspecified atom stereocenters. The molecule has 1 aromatic heterocycles. The number of carbonyl (C=O) groups excluding carboxylic acids is 1. The fourth-order valence-corrected chi connectivity index (χ4v) is 5.37. The average molecular weight is 598 g/mol. The highest BCUT2D eigenvalue weighted by Gasteiger charge is 2.36. The second-order valence-electron chi connectivity index (χ2n) is 8.74. The number of aromatic nitrogens is 2. The summed E-state index contributed by atoms with van der Waals surface area (Å²) < 4.78 is -1.01. The number of rotatable bonds is 5. The van der Waals surface area contributed by atoms with Gasteiger partial charge in [0.2, 0.25) is 0 Å². The smallest absolute Gasteiger partial charge is 0.253 e. The summed E-state index contributed by atoms with van der Waals surface area (Å²) in [6.45, 7) is 2.54. The summed E-state index contributed by atoms with van der Waals surface area (Å²) in [5.74, 6) is 0.848. The Hall–Kier alpha value is -2.75. The van der Waals surface area contributed by atoms with Gasteiger partial charge in [0.25, 0.3) is 5.91 Å². The Morgan fingerprint density at radius 3 is 2.37 bits per heavy atom. The van der Waals surface area contributed by atoms with E-state index in [1.807, 2.05) is 53.4 Å². The van der Waals surface area contributed by atoms with Crippen LogP contribution in [-0.2, 0) is 11.2 Å². The minimum absolute atomic E-state index is 0.0494. The molecule has 1 aliphatic rings. The number of anilines is 1. The van der Waals surface area contributed by atoms with E-state index in [0.717, 1.165) is 33.4 Å². The molecule has 0 spiro atoms. The summed E-state index contributed by atoms with van der Waals surface area (Å²) >= 11 is 8.06. The Morgan fingerprint density at radius 2 is 1.66 bits per heavy atom. The largest absolute Gasteiger partial charge is 0.352 e. The standard InChI is InChI=1S/C27H25ClIN5O/c28-22-9-6-19(7-10-22)17-27(29,30)26(35)34-14-12-33(13-15-34)25-23-16-21(20-4-2-1-3-5-20)8-11-24(23)31-18-32-25/h1-11,16,18H,12-15,17,30H2. The Labute approximate surface area is 223 Å². The zero-order valence-corrected chi connectivity index (χ0v) is 22.0. The van der Waals surface area contributed by atoms with Crippen LogP contribution >= 0.6 is 34.2 Å². The van der Waals surface area contributed by atoms with Crippen LogP contribution in [0.2, 0.25) is 5.02 Å². The van der Waals surface area contributed by atoms with Gasteiger partial charge in [-0.05, 0) is 41.0 Å². The first-order chi connectivity index (χ1) is 16.9. The van der Waals surface area contributed by atoms with Crippen LogP contribution in [0.5, 0.6) is 0 Å². The fourth-order valence-electron chi connectivity index (χ4n) is 4.46. The van der Waals surface area contributed by atoms with E-state index in [9.17, 15) is 4.79 Å². The van der Waals surface area contributed by atoms with Crippen molar-refractivity contribution in [3.8, 4) is 11.1 Å². The molecule has 2 heterocycles. The fraction of sp³-hybridized carbons (Fsp3) is 0.222. The normalized spacial score (nSPS) is 15.7. The molecule has 1 atom stereocenters. The number of hydrogen-bond donors (Lipinski definition) is 1. The van der Waals surface area contributed by atoms with Crippen molar-refractivity contribution in [3.05, 3.63) is 89.7 Å². The van der Waals surface area contributed by atoms with Crippen molar-refractivity contribution in [1.29, 1.82) is 0 Å². The van der Waals surface area contributed by atoms with Crippen LogP contribution in [0.15, 0.2) is 79.1 Å². The van der Waals surface area contributed by atoms with Gasteiger partial charge in [0, 0.05) is 43.0 Å². The first-order valence-electron chi connectivity index (χ1n) is 11.5. The highest BCUT2D eigenvalue weighted by Crippen LogP contribution is 2.30. The monoisotopic (exact) mass is 597 g/mol. The lowest BCUT2D eigenvalue weighted by atomic mass is 10.0. The lowest BCUT2D eigenvalue weighted by molar-refractivity contribution is -0.133. The highest BCUT2D eigenvalue weighted by atomic mass is 127. The van der Waals surface area contributed by atoms with Crippen molar-refractivity contribution in [2.24, 2.45) is 5.73 Å². The van der Waals surface area contributed by atoms with E-state index < -0.39 is 3.55 Å². The number of piperazine rings is 1. The number of halogens is 2. The minimum atomic E-state index is -1.01. The van der Waals surface area contributed by atoms with Gasteiger partial charge in [0.05, 0.1) is 5.52 Å². The second kappa shape index (κ2) is 10.1. The molecule has 0 saturated carbocycles. The molecule has 0 aliphatic carbocycles. The molecule has 8 heteroatoms. The maximum absolute atomic E-state index is 13.3. The molecule has 1 aliphatic heterocycles. The van der Waals surface area contributed by atoms with E-state index >= 15 is 0 Å². The molecule has 0 bridgehead atoms. The van der Waals surface area contributed by atoms with Crippen molar-refractivity contribution >= 4 is 56.8 Å². The number of hydrogen-bond acceptors (Lipinski definition) is 5. The Bertz CT molecular complexity index is 1340. The zero-order chi connectivity index (χ0) is 24.4. The molecular formula is C27H25ClIN5O. The van der Waals surface area contributed by atoms with Gasteiger partial charge in [0.1, 0.15) is 12.1 Å². The van der Waals surface area contributed by atoms with E-state index in [4.69, 9.17) is 17.3 Å². The first-order valence-corrected chi connectivity index (χ1v) is 12.9. The van der Waals surface area contributed by atoms with Gasteiger partial charge in [-0.2, -0.15) is 0 Å². The molecule has 6 nitrogen and oxygen atoms in total. The van der Waals surface area contributed by atoms with Gasteiger partial charge in [-0.15, -0.1) is 0 Å². The van der Waals surface area contributed by atoms with Gasteiger partial charge >= 0.3 is 0 Å². The number of alkyl halides is 1. The Morgan fingerprint density at radius 1 is 0.943 bits per heavy atom. The summed E-state index contributed by atoms with van der Waals surface area (Å²) in [5, 5.41) is 1.68. The summed E-state index contributed by atoms with van der Waals surface area (Å²) in [6, 6.07) is 24.0. The predicted molar refractivity (Wildman–Crippen MR) is 150 cm³/mol. The molecule has 3 aromatic carbocycles. The number of nitrogens with two attached hydrogens (primary N) is 1. The number of carbonyl (C=O) groups is 1. The lowest BCUT2D eigenvalue weighted by Gasteiger charge is -2.38. The SMILES string of the molecule is NC(I)(Cc1ccc(Cl)cc1)C(=O)N1CCN(c2ncnc3ccc(-c4ccccc4)cc23)CC1. The summed E-state index contributed by atoms with van der Waals surface area (Å²) in [4.78, 5) is 26.4. The maximum atomic E-state index is 13.3. The Balaban J connectivity index is 1.31. The quantitative estimate of drug-likeness (QED) is 0.201. The van der Waals surface area contributed by atoms with Crippen LogP contribution in [0.4, 0.5) is 5.82 Å². The van der Waals surface area contributed by atoms with Crippen molar-refractivity contribution in [1.82, 2.24) is 14.9 Å². The molecule has 5 rings (SSSR count). The Kier molecular flexibility index (Phi) is 6.91. The van der Waals surface area contributed by atoms with Crippen LogP contribution in [0.1, 0.15) is 5.56 Å². The third-order valence-corrected chi connectivity index (χ3v) is 7.41. The van der Waals surface area contributed by atoms with Crippen molar-refractivity contribution in [3.63, 3.8) is 0 Å². The molecule has 1 fully saturated rings. The van der Waals surface area contributed by atoms with Gasteiger partial charge in [-0.25, -0.2) is 9.97 Å². The molecule has 1 saturated heterocycles. The van der Waals surface area contributed by atoms with Crippen LogP contribution < -0.4 is 10.6 Å².